The van der Waals surface area contributed by atoms with Gasteiger partial charge in [0, 0.05) is 5.56 Å². The van der Waals surface area contributed by atoms with Crippen LogP contribution in [0, 0.1) is 0 Å². The summed E-state index contributed by atoms with van der Waals surface area (Å²) in [6, 6.07) is 6.35. The number of ether oxygens (including phenoxy) is 2. The summed E-state index contributed by atoms with van der Waals surface area (Å²) in [6.07, 6.45) is 5.01. The molecule has 2 fully saturated rings. The van der Waals surface area contributed by atoms with Crippen molar-refractivity contribution < 1.29 is 9.47 Å². The Bertz CT molecular complexity index is 454. The molecule has 2 aliphatic rings. The monoisotopic (exact) mass is 307 g/mol. The number of methoxy groups -OCH3 is 1. The smallest absolute Gasteiger partial charge is 0.165 e. The maximum Gasteiger partial charge on any atom is 0.165 e. The number of hydrogen-bond acceptors (Lipinski definition) is 4. The largest absolute Gasteiger partial charge is 0.493 e. The van der Waals surface area contributed by atoms with Gasteiger partial charge in [-0.05, 0) is 62.3 Å². The van der Waals surface area contributed by atoms with Gasteiger partial charge >= 0.3 is 0 Å². The first-order valence-electron chi connectivity index (χ1n) is 8.00. The number of nitrogens with one attached hydrogen (secondary N) is 1. The molecule has 0 radical (unpaired) electrons. The van der Waals surface area contributed by atoms with Crippen molar-refractivity contribution in [3.8, 4) is 11.5 Å². The number of piperidine rings is 1. The SMILES string of the molecule is COc1cccc(C2CCNCC2)c1OC1CCSCC1. The summed E-state index contributed by atoms with van der Waals surface area (Å²) >= 11 is 2.03. The maximum absolute atomic E-state index is 6.40. The molecule has 116 valence electrons. The van der Waals surface area contributed by atoms with Crippen LogP contribution >= 0.6 is 11.8 Å². The Kier molecular flexibility index (Phi) is 5.31. The molecular formula is C17H25NO2S. The first-order chi connectivity index (χ1) is 10.4. The van der Waals surface area contributed by atoms with E-state index in [0.717, 1.165) is 37.4 Å². The first kappa shape index (κ1) is 15.0. The molecule has 0 atom stereocenters. The van der Waals surface area contributed by atoms with Gasteiger partial charge in [-0.2, -0.15) is 11.8 Å². The highest BCUT2D eigenvalue weighted by Crippen LogP contribution is 2.40. The Morgan fingerprint density at radius 2 is 1.86 bits per heavy atom. The van der Waals surface area contributed by atoms with Crippen LogP contribution in [0.4, 0.5) is 0 Å². The van der Waals surface area contributed by atoms with Gasteiger partial charge in [0.2, 0.25) is 0 Å². The van der Waals surface area contributed by atoms with Crippen molar-refractivity contribution in [3.05, 3.63) is 23.8 Å². The number of para-hydroxylation sites is 1. The van der Waals surface area contributed by atoms with Crippen LogP contribution in [0.25, 0.3) is 0 Å². The average molecular weight is 307 g/mol. The minimum Gasteiger partial charge on any atom is -0.493 e. The third-order valence-corrected chi connectivity index (χ3v) is 5.51. The van der Waals surface area contributed by atoms with Crippen molar-refractivity contribution in [1.82, 2.24) is 5.32 Å². The number of hydrogen-bond donors (Lipinski definition) is 1. The maximum atomic E-state index is 6.40. The van der Waals surface area contributed by atoms with E-state index in [0.29, 0.717) is 12.0 Å². The summed E-state index contributed by atoms with van der Waals surface area (Å²) < 4.78 is 12.0. The summed E-state index contributed by atoms with van der Waals surface area (Å²) in [7, 11) is 1.74. The van der Waals surface area contributed by atoms with E-state index in [4.69, 9.17) is 9.47 Å². The highest BCUT2D eigenvalue weighted by Gasteiger charge is 2.24. The Morgan fingerprint density at radius 3 is 2.57 bits per heavy atom. The van der Waals surface area contributed by atoms with Crippen molar-refractivity contribution in [2.75, 3.05) is 31.7 Å². The van der Waals surface area contributed by atoms with Crippen LogP contribution in [-0.4, -0.2) is 37.8 Å². The lowest BCUT2D eigenvalue weighted by atomic mass is 9.89. The van der Waals surface area contributed by atoms with E-state index in [1.807, 2.05) is 17.8 Å². The van der Waals surface area contributed by atoms with E-state index in [2.05, 4.69) is 17.4 Å². The molecule has 2 saturated heterocycles. The van der Waals surface area contributed by atoms with Crippen molar-refractivity contribution >= 4 is 11.8 Å². The van der Waals surface area contributed by atoms with Gasteiger partial charge in [0.1, 0.15) is 6.10 Å². The molecule has 0 bridgehead atoms. The molecule has 4 heteroatoms. The molecule has 1 N–H and O–H groups in total. The van der Waals surface area contributed by atoms with Crippen molar-refractivity contribution in [2.24, 2.45) is 0 Å². The van der Waals surface area contributed by atoms with Crippen LogP contribution in [0.3, 0.4) is 0 Å². The van der Waals surface area contributed by atoms with Crippen LogP contribution in [-0.2, 0) is 0 Å². The Labute approximate surface area is 131 Å². The molecule has 2 heterocycles. The van der Waals surface area contributed by atoms with Crippen LogP contribution in [0.5, 0.6) is 11.5 Å². The average Bonchev–Trinajstić information content (AvgIpc) is 2.57. The third-order valence-electron chi connectivity index (χ3n) is 4.46. The molecule has 3 nitrogen and oxygen atoms in total. The van der Waals surface area contributed by atoms with Crippen molar-refractivity contribution in [3.63, 3.8) is 0 Å². The topological polar surface area (TPSA) is 30.5 Å². The van der Waals surface area contributed by atoms with Crippen LogP contribution in [0.2, 0.25) is 0 Å². The fourth-order valence-electron chi connectivity index (χ4n) is 3.23. The molecule has 1 aromatic carbocycles. The Balaban J connectivity index is 1.83. The highest BCUT2D eigenvalue weighted by atomic mass is 32.2. The molecule has 1 aromatic rings. The second-order valence-electron chi connectivity index (χ2n) is 5.83. The predicted molar refractivity (Wildman–Crippen MR) is 88.8 cm³/mol. The molecule has 0 saturated carbocycles. The Hall–Kier alpha value is -0.870. The molecule has 2 aliphatic heterocycles. The molecule has 0 amide bonds. The zero-order valence-electron chi connectivity index (χ0n) is 12.8. The summed E-state index contributed by atoms with van der Waals surface area (Å²) in [4.78, 5) is 0. The Morgan fingerprint density at radius 1 is 1.10 bits per heavy atom. The van der Waals surface area contributed by atoms with E-state index < -0.39 is 0 Å². The fourth-order valence-corrected chi connectivity index (χ4v) is 4.30. The van der Waals surface area contributed by atoms with Crippen LogP contribution < -0.4 is 14.8 Å². The third kappa shape index (κ3) is 3.67. The molecule has 3 rings (SSSR count). The van der Waals surface area contributed by atoms with Crippen LogP contribution in [0.15, 0.2) is 18.2 Å². The molecule has 21 heavy (non-hydrogen) atoms. The lowest BCUT2D eigenvalue weighted by Gasteiger charge is -2.29. The van der Waals surface area contributed by atoms with Crippen molar-refractivity contribution in [2.45, 2.75) is 37.7 Å². The van der Waals surface area contributed by atoms with E-state index in [9.17, 15) is 0 Å². The molecule has 0 spiro atoms. The van der Waals surface area contributed by atoms with Crippen LogP contribution in [0.1, 0.15) is 37.2 Å². The van der Waals surface area contributed by atoms with Gasteiger partial charge in [-0.1, -0.05) is 12.1 Å². The molecular weight excluding hydrogens is 282 g/mol. The fraction of sp³-hybridized carbons (Fsp3) is 0.647. The van der Waals surface area contributed by atoms with Gasteiger partial charge in [-0.15, -0.1) is 0 Å². The van der Waals surface area contributed by atoms with E-state index in [1.54, 1.807) is 7.11 Å². The van der Waals surface area contributed by atoms with Gasteiger partial charge in [0.15, 0.2) is 11.5 Å². The van der Waals surface area contributed by atoms with Crippen molar-refractivity contribution in [1.29, 1.82) is 0 Å². The second kappa shape index (κ2) is 7.41. The van der Waals surface area contributed by atoms with E-state index >= 15 is 0 Å². The van der Waals surface area contributed by atoms with E-state index in [-0.39, 0.29) is 0 Å². The lowest BCUT2D eigenvalue weighted by molar-refractivity contribution is 0.181. The standard InChI is InChI=1S/C17H25NO2S/c1-19-16-4-2-3-15(13-5-9-18-10-6-13)17(16)20-14-7-11-21-12-8-14/h2-4,13-14,18H,5-12H2,1H3. The molecule has 0 aliphatic carbocycles. The quantitative estimate of drug-likeness (QED) is 0.923. The number of benzene rings is 1. The van der Waals surface area contributed by atoms with E-state index in [1.165, 1.54) is 29.9 Å². The van der Waals surface area contributed by atoms with Gasteiger partial charge in [0.05, 0.1) is 7.11 Å². The minimum atomic E-state index is 0.350. The zero-order valence-corrected chi connectivity index (χ0v) is 13.6. The highest BCUT2D eigenvalue weighted by molar-refractivity contribution is 7.99. The second-order valence-corrected chi connectivity index (χ2v) is 7.06. The van der Waals surface area contributed by atoms with Gasteiger partial charge in [0.25, 0.3) is 0 Å². The summed E-state index contributed by atoms with van der Waals surface area (Å²) in [6.45, 7) is 2.20. The summed E-state index contributed by atoms with van der Waals surface area (Å²) in [5, 5.41) is 3.44. The van der Waals surface area contributed by atoms with Gasteiger partial charge < -0.3 is 14.8 Å². The summed E-state index contributed by atoms with van der Waals surface area (Å²) in [5.74, 6) is 4.91. The van der Waals surface area contributed by atoms with Gasteiger partial charge in [-0.3, -0.25) is 0 Å². The molecule has 0 aromatic heterocycles. The number of thioether (sulfide) groups is 1. The minimum absolute atomic E-state index is 0.350. The zero-order chi connectivity index (χ0) is 14.5. The summed E-state index contributed by atoms with van der Waals surface area (Å²) in [5.41, 5.74) is 1.34. The number of rotatable bonds is 4. The lowest BCUT2D eigenvalue weighted by Crippen LogP contribution is -2.28. The molecule has 0 unspecified atom stereocenters. The normalized spacial score (nSPS) is 21.2. The van der Waals surface area contributed by atoms with Gasteiger partial charge in [-0.25, -0.2) is 0 Å². The first-order valence-corrected chi connectivity index (χ1v) is 9.16. The predicted octanol–water partition coefficient (Wildman–Crippen LogP) is 3.44.